The van der Waals surface area contributed by atoms with E-state index >= 15 is 0 Å². The number of aryl methyl sites for hydroxylation is 1. The Morgan fingerprint density at radius 3 is 2.24 bits per heavy atom. The van der Waals surface area contributed by atoms with Gasteiger partial charge in [0.1, 0.15) is 11.5 Å². The molecule has 0 radical (unpaired) electrons. The monoisotopic (exact) mass is 326 g/mol. The topological polar surface area (TPSA) is 26.3 Å². The van der Waals surface area contributed by atoms with Crippen molar-refractivity contribution in [3.63, 3.8) is 0 Å². The lowest BCUT2D eigenvalue weighted by Gasteiger charge is -2.29. The number of carbonyl (C=O) groups is 1. The van der Waals surface area contributed by atoms with Gasteiger partial charge in [-0.25, -0.2) is 0 Å². The molecular formula is C23H18O2. The summed E-state index contributed by atoms with van der Waals surface area (Å²) in [5, 5.41) is 0. The van der Waals surface area contributed by atoms with Crippen LogP contribution in [0.25, 0.3) is 5.76 Å². The van der Waals surface area contributed by atoms with Gasteiger partial charge in [0.2, 0.25) is 0 Å². The first-order valence-electron chi connectivity index (χ1n) is 8.36. The van der Waals surface area contributed by atoms with E-state index in [4.69, 9.17) is 4.74 Å². The van der Waals surface area contributed by atoms with Crippen LogP contribution in [0.15, 0.2) is 84.4 Å². The molecule has 25 heavy (non-hydrogen) atoms. The van der Waals surface area contributed by atoms with E-state index in [0.29, 0.717) is 11.3 Å². The number of para-hydroxylation sites is 1. The van der Waals surface area contributed by atoms with Crippen molar-refractivity contribution < 1.29 is 9.53 Å². The molecule has 0 aliphatic carbocycles. The number of aldehydes is 1. The molecule has 0 bridgehead atoms. The highest BCUT2D eigenvalue weighted by Crippen LogP contribution is 2.44. The summed E-state index contributed by atoms with van der Waals surface area (Å²) in [6.07, 6.45) is 0.933. The zero-order valence-corrected chi connectivity index (χ0v) is 14.0. The SMILES string of the molecule is Cc1ccc(C2=C(C=O)C(c3ccccc3)c3ccccc3O2)cc1. The Morgan fingerprint density at radius 2 is 1.52 bits per heavy atom. The van der Waals surface area contributed by atoms with Crippen molar-refractivity contribution in [1.29, 1.82) is 0 Å². The summed E-state index contributed by atoms with van der Waals surface area (Å²) in [5.41, 5.74) is 4.86. The number of ether oxygens (including phenoxy) is 1. The number of hydrogen-bond donors (Lipinski definition) is 0. The molecule has 0 amide bonds. The largest absolute Gasteiger partial charge is 0.456 e. The summed E-state index contributed by atoms with van der Waals surface area (Å²) in [6, 6.07) is 26.1. The summed E-state index contributed by atoms with van der Waals surface area (Å²) < 4.78 is 6.16. The van der Waals surface area contributed by atoms with E-state index in [2.05, 4.69) is 12.1 Å². The quantitative estimate of drug-likeness (QED) is 0.624. The van der Waals surface area contributed by atoms with Gasteiger partial charge in [0.15, 0.2) is 6.29 Å². The number of carbonyl (C=O) groups excluding carboxylic acids is 1. The maximum Gasteiger partial charge on any atom is 0.150 e. The van der Waals surface area contributed by atoms with Gasteiger partial charge in [0.05, 0.1) is 0 Å². The molecule has 2 heteroatoms. The lowest BCUT2D eigenvalue weighted by Crippen LogP contribution is -2.17. The molecule has 1 aliphatic rings. The van der Waals surface area contributed by atoms with Crippen LogP contribution in [0.1, 0.15) is 28.2 Å². The number of benzene rings is 3. The van der Waals surface area contributed by atoms with Crippen LogP contribution in [0.4, 0.5) is 0 Å². The Morgan fingerprint density at radius 1 is 0.840 bits per heavy atom. The summed E-state index contributed by atoms with van der Waals surface area (Å²) in [4.78, 5) is 12.1. The van der Waals surface area contributed by atoms with Gasteiger partial charge in [-0.05, 0) is 18.6 Å². The molecule has 0 aromatic heterocycles. The second-order valence-electron chi connectivity index (χ2n) is 6.25. The molecule has 3 aromatic rings. The first kappa shape index (κ1) is 15.4. The maximum atomic E-state index is 12.1. The minimum absolute atomic E-state index is 0.125. The number of hydrogen-bond acceptors (Lipinski definition) is 2. The highest BCUT2D eigenvalue weighted by Gasteiger charge is 2.31. The highest BCUT2D eigenvalue weighted by molar-refractivity contribution is 5.91. The molecule has 1 heterocycles. The van der Waals surface area contributed by atoms with Crippen LogP contribution in [0.2, 0.25) is 0 Å². The van der Waals surface area contributed by atoms with E-state index in [1.165, 1.54) is 5.56 Å². The zero-order valence-electron chi connectivity index (χ0n) is 14.0. The van der Waals surface area contributed by atoms with Crippen LogP contribution in [0.5, 0.6) is 5.75 Å². The molecule has 1 atom stereocenters. The minimum atomic E-state index is -0.125. The summed E-state index contributed by atoms with van der Waals surface area (Å²) in [5.74, 6) is 1.32. The average Bonchev–Trinajstić information content (AvgIpc) is 2.67. The third-order valence-corrected chi connectivity index (χ3v) is 4.59. The molecule has 0 fully saturated rings. The van der Waals surface area contributed by atoms with Gasteiger partial charge in [-0.15, -0.1) is 0 Å². The Labute approximate surface area is 147 Å². The lowest BCUT2D eigenvalue weighted by atomic mass is 9.82. The molecule has 0 saturated heterocycles. The van der Waals surface area contributed by atoms with Crippen molar-refractivity contribution in [1.82, 2.24) is 0 Å². The summed E-state index contributed by atoms with van der Waals surface area (Å²) in [7, 11) is 0. The Kier molecular flexibility index (Phi) is 3.95. The van der Waals surface area contributed by atoms with Gasteiger partial charge in [0.25, 0.3) is 0 Å². The van der Waals surface area contributed by atoms with Crippen LogP contribution in [-0.4, -0.2) is 6.29 Å². The van der Waals surface area contributed by atoms with Crippen molar-refractivity contribution in [2.75, 3.05) is 0 Å². The van der Waals surface area contributed by atoms with Crippen molar-refractivity contribution in [2.24, 2.45) is 0 Å². The van der Waals surface area contributed by atoms with Crippen molar-refractivity contribution in [3.05, 3.63) is 107 Å². The second kappa shape index (κ2) is 6.40. The second-order valence-corrected chi connectivity index (χ2v) is 6.25. The third kappa shape index (κ3) is 2.76. The van der Waals surface area contributed by atoms with Gasteiger partial charge in [-0.1, -0.05) is 78.4 Å². The normalized spacial score (nSPS) is 16.1. The van der Waals surface area contributed by atoms with Crippen LogP contribution in [-0.2, 0) is 4.79 Å². The van der Waals surface area contributed by atoms with Gasteiger partial charge < -0.3 is 4.74 Å². The van der Waals surface area contributed by atoms with Gasteiger partial charge >= 0.3 is 0 Å². The molecule has 0 N–H and O–H groups in total. The molecule has 0 saturated carbocycles. The van der Waals surface area contributed by atoms with E-state index in [0.717, 1.165) is 28.7 Å². The molecule has 3 aromatic carbocycles. The molecule has 1 unspecified atom stereocenters. The molecular weight excluding hydrogens is 308 g/mol. The molecule has 0 spiro atoms. The fourth-order valence-corrected chi connectivity index (χ4v) is 3.34. The van der Waals surface area contributed by atoms with E-state index in [9.17, 15) is 4.79 Å². The van der Waals surface area contributed by atoms with E-state index in [1.54, 1.807) is 0 Å². The summed E-state index contributed by atoms with van der Waals surface area (Å²) in [6.45, 7) is 2.04. The first-order chi connectivity index (χ1) is 12.3. The molecule has 4 rings (SSSR count). The predicted octanol–water partition coefficient (Wildman–Crippen LogP) is 5.13. The molecule has 1 aliphatic heterocycles. The standard InChI is InChI=1S/C23H18O2/c1-16-11-13-18(14-12-16)23-20(15-24)22(17-7-3-2-4-8-17)19-9-5-6-10-21(19)25-23/h2-15,22H,1H3. The number of allylic oxidation sites excluding steroid dienone is 1. The fourth-order valence-electron chi connectivity index (χ4n) is 3.34. The van der Waals surface area contributed by atoms with Crippen LogP contribution in [0, 0.1) is 6.92 Å². The van der Waals surface area contributed by atoms with Crippen molar-refractivity contribution >= 4 is 12.0 Å². The summed E-state index contributed by atoms with van der Waals surface area (Å²) >= 11 is 0. The maximum absolute atomic E-state index is 12.1. The van der Waals surface area contributed by atoms with Gasteiger partial charge in [-0.2, -0.15) is 0 Å². The van der Waals surface area contributed by atoms with Crippen LogP contribution in [0.3, 0.4) is 0 Å². The van der Waals surface area contributed by atoms with E-state index in [-0.39, 0.29) is 5.92 Å². The predicted molar refractivity (Wildman–Crippen MR) is 99.5 cm³/mol. The zero-order chi connectivity index (χ0) is 17.2. The first-order valence-corrected chi connectivity index (χ1v) is 8.36. The van der Waals surface area contributed by atoms with Crippen LogP contribution >= 0.6 is 0 Å². The highest BCUT2D eigenvalue weighted by atomic mass is 16.5. The van der Waals surface area contributed by atoms with Crippen molar-refractivity contribution in [3.8, 4) is 5.75 Å². The minimum Gasteiger partial charge on any atom is -0.456 e. The Hall–Kier alpha value is -3.13. The average molecular weight is 326 g/mol. The smallest absolute Gasteiger partial charge is 0.150 e. The Balaban J connectivity index is 1.95. The number of fused-ring (bicyclic) bond motifs is 1. The van der Waals surface area contributed by atoms with Crippen molar-refractivity contribution in [2.45, 2.75) is 12.8 Å². The van der Waals surface area contributed by atoms with Crippen LogP contribution < -0.4 is 4.74 Å². The third-order valence-electron chi connectivity index (χ3n) is 4.59. The number of rotatable bonds is 3. The molecule has 122 valence electrons. The fraction of sp³-hybridized carbons (Fsp3) is 0.0870. The van der Waals surface area contributed by atoms with Gasteiger partial charge in [-0.3, -0.25) is 4.79 Å². The lowest BCUT2D eigenvalue weighted by molar-refractivity contribution is -0.105. The van der Waals surface area contributed by atoms with Gasteiger partial charge in [0, 0.05) is 22.6 Å². The van der Waals surface area contributed by atoms with E-state index in [1.807, 2.05) is 73.7 Å². The Bertz CT molecular complexity index is 937. The van der Waals surface area contributed by atoms with E-state index < -0.39 is 0 Å². The molecule has 2 nitrogen and oxygen atoms in total.